The molecule has 3 rings (SSSR count). The fourth-order valence-electron chi connectivity index (χ4n) is 3.86. The average Bonchev–Trinajstić information content (AvgIpc) is 2.87. The van der Waals surface area contributed by atoms with Gasteiger partial charge in [0.15, 0.2) is 0 Å². The van der Waals surface area contributed by atoms with Gasteiger partial charge >= 0.3 is 0 Å². The Hall–Kier alpha value is -2.59. The van der Waals surface area contributed by atoms with E-state index in [9.17, 15) is 18.0 Å². The molecule has 11 heteroatoms. The van der Waals surface area contributed by atoms with Crippen molar-refractivity contribution < 1.29 is 18.0 Å². The highest BCUT2D eigenvalue weighted by Gasteiger charge is 2.33. The number of halogens is 3. The van der Waals surface area contributed by atoms with Crippen LogP contribution in [0.1, 0.15) is 31.9 Å². The van der Waals surface area contributed by atoms with Gasteiger partial charge in [0.05, 0.1) is 20.6 Å². The summed E-state index contributed by atoms with van der Waals surface area (Å²) < 4.78 is 29.5. The first-order valence-electron chi connectivity index (χ1n) is 12.2. The predicted molar refractivity (Wildman–Crippen MR) is 160 cm³/mol. The van der Waals surface area contributed by atoms with Gasteiger partial charge in [-0.1, -0.05) is 75.0 Å². The molecule has 2 amide bonds. The van der Waals surface area contributed by atoms with E-state index in [1.807, 2.05) is 45.0 Å². The van der Waals surface area contributed by atoms with Crippen molar-refractivity contribution in [3.8, 4) is 0 Å². The summed E-state index contributed by atoms with van der Waals surface area (Å²) in [6.45, 7) is 6.56. The standard InChI is InChI=1S/C28H30BrCl2N3O4S/c1-18(2)32-28(36)20(4)33(16-21-7-5-8-22(29)15-21)26(35)17-34(25-10-6-9-24(30)27(25)31)39(37,38)23-13-11-19(3)12-14-23/h5-15,18,20H,16-17H2,1-4H3,(H,32,36)/t20-/m1/s1. The van der Waals surface area contributed by atoms with Crippen LogP contribution in [0.5, 0.6) is 0 Å². The minimum Gasteiger partial charge on any atom is -0.352 e. The smallest absolute Gasteiger partial charge is 0.264 e. The molecule has 39 heavy (non-hydrogen) atoms. The van der Waals surface area contributed by atoms with Gasteiger partial charge in [-0.3, -0.25) is 13.9 Å². The SMILES string of the molecule is Cc1ccc(S(=O)(=O)N(CC(=O)N(Cc2cccc(Br)c2)[C@H](C)C(=O)NC(C)C)c2cccc(Cl)c2Cl)cc1. The molecule has 1 N–H and O–H groups in total. The number of nitrogens with one attached hydrogen (secondary N) is 1. The molecule has 0 aliphatic rings. The zero-order valence-corrected chi connectivity index (χ0v) is 25.9. The number of nitrogens with zero attached hydrogens (tertiary/aromatic N) is 2. The molecule has 0 spiro atoms. The zero-order chi connectivity index (χ0) is 28.9. The van der Waals surface area contributed by atoms with Gasteiger partial charge in [0.1, 0.15) is 12.6 Å². The van der Waals surface area contributed by atoms with Gasteiger partial charge in [-0.25, -0.2) is 8.42 Å². The van der Waals surface area contributed by atoms with Crippen LogP contribution in [-0.4, -0.2) is 43.8 Å². The maximum Gasteiger partial charge on any atom is 0.264 e. The van der Waals surface area contributed by atoms with Gasteiger partial charge in [-0.05, 0) is 69.7 Å². The molecule has 0 heterocycles. The number of sulfonamides is 1. The lowest BCUT2D eigenvalue weighted by molar-refractivity contribution is -0.139. The van der Waals surface area contributed by atoms with Crippen LogP contribution in [-0.2, 0) is 26.2 Å². The topological polar surface area (TPSA) is 86.8 Å². The molecular weight excluding hydrogens is 625 g/mol. The van der Waals surface area contributed by atoms with Crippen molar-refractivity contribution in [2.45, 2.75) is 51.2 Å². The first kappa shape index (κ1) is 30.9. The summed E-state index contributed by atoms with van der Waals surface area (Å²) >= 11 is 16.1. The van der Waals surface area contributed by atoms with E-state index in [1.165, 1.54) is 29.2 Å². The van der Waals surface area contributed by atoms with Crippen molar-refractivity contribution in [2.75, 3.05) is 10.8 Å². The summed E-state index contributed by atoms with van der Waals surface area (Å²) in [7, 11) is -4.25. The molecule has 0 fully saturated rings. The molecule has 3 aromatic carbocycles. The van der Waals surface area contributed by atoms with E-state index in [0.29, 0.717) is 0 Å². The highest BCUT2D eigenvalue weighted by atomic mass is 79.9. The lowest BCUT2D eigenvalue weighted by atomic mass is 10.1. The number of benzene rings is 3. The summed E-state index contributed by atoms with van der Waals surface area (Å²) in [5.74, 6) is -0.949. The maximum absolute atomic E-state index is 13.9. The van der Waals surface area contributed by atoms with E-state index in [1.54, 1.807) is 25.1 Å². The van der Waals surface area contributed by atoms with Crippen molar-refractivity contribution in [3.05, 3.63) is 92.4 Å². The number of anilines is 1. The van der Waals surface area contributed by atoms with Crippen LogP contribution in [0.3, 0.4) is 0 Å². The van der Waals surface area contributed by atoms with Crippen LogP contribution in [0, 0.1) is 6.92 Å². The molecule has 0 saturated carbocycles. The summed E-state index contributed by atoms with van der Waals surface area (Å²) in [5.41, 5.74) is 1.69. The van der Waals surface area contributed by atoms with E-state index in [2.05, 4.69) is 21.2 Å². The molecule has 1 atom stereocenters. The summed E-state index contributed by atoms with van der Waals surface area (Å²) in [6, 6.07) is 17.2. The lowest BCUT2D eigenvalue weighted by Gasteiger charge is -2.32. The Balaban J connectivity index is 2.08. The summed E-state index contributed by atoms with van der Waals surface area (Å²) in [5, 5.41) is 2.96. The Morgan fingerprint density at radius 2 is 1.62 bits per heavy atom. The molecule has 0 aliphatic carbocycles. The molecule has 7 nitrogen and oxygen atoms in total. The Morgan fingerprint density at radius 3 is 2.23 bits per heavy atom. The first-order chi connectivity index (χ1) is 18.3. The Labute approximate surface area is 248 Å². The quantitative estimate of drug-likeness (QED) is 0.282. The largest absolute Gasteiger partial charge is 0.352 e. The first-order valence-corrected chi connectivity index (χ1v) is 15.2. The molecule has 0 unspecified atom stereocenters. The summed E-state index contributed by atoms with van der Waals surface area (Å²) in [6.07, 6.45) is 0. The van der Waals surface area contributed by atoms with Crippen LogP contribution >= 0.6 is 39.1 Å². The Morgan fingerprint density at radius 1 is 0.974 bits per heavy atom. The van der Waals surface area contributed by atoms with E-state index in [0.717, 1.165) is 19.9 Å². The molecule has 0 radical (unpaired) electrons. The Bertz CT molecular complexity index is 1450. The van der Waals surface area contributed by atoms with Crippen LogP contribution < -0.4 is 9.62 Å². The highest BCUT2D eigenvalue weighted by Crippen LogP contribution is 2.35. The normalized spacial score (nSPS) is 12.2. The fourth-order valence-corrected chi connectivity index (χ4v) is 6.18. The molecule has 0 bridgehead atoms. The molecule has 0 aromatic heterocycles. The second-order valence-electron chi connectivity index (χ2n) is 9.39. The highest BCUT2D eigenvalue weighted by molar-refractivity contribution is 9.10. The number of rotatable bonds is 10. The number of carbonyl (C=O) groups excluding carboxylic acids is 2. The van der Waals surface area contributed by atoms with Gasteiger partial charge in [-0.2, -0.15) is 0 Å². The van der Waals surface area contributed by atoms with Crippen LogP contribution in [0.15, 0.2) is 76.1 Å². The van der Waals surface area contributed by atoms with Crippen LogP contribution in [0.4, 0.5) is 5.69 Å². The molecule has 0 aliphatic heterocycles. The second kappa shape index (κ2) is 13.2. The van der Waals surface area contributed by atoms with Crippen molar-refractivity contribution in [3.63, 3.8) is 0 Å². The van der Waals surface area contributed by atoms with E-state index in [4.69, 9.17) is 23.2 Å². The minimum absolute atomic E-state index is 0.00760. The minimum atomic E-state index is -4.25. The van der Waals surface area contributed by atoms with Crippen molar-refractivity contribution in [1.82, 2.24) is 10.2 Å². The van der Waals surface area contributed by atoms with Gasteiger partial charge in [0.2, 0.25) is 11.8 Å². The average molecular weight is 655 g/mol. The second-order valence-corrected chi connectivity index (χ2v) is 13.0. The number of amides is 2. The van der Waals surface area contributed by atoms with Crippen molar-refractivity contribution >= 4 is 66.7 Å². The lowest BCUT2D eigenvalue weighted by Crippen LogP contribution is -2.52. The van der Waals surface area contributed by atoms with Crippen molar-refractivity contribution in [2.24, 2.45) is 0 Å². The zero-order valence-electron chi connectivity index (χ0n) is 22.0. The molecule has 0 saturated heterocycles. The molecule has 208 valence electrons. The molecular formula is C28H30BrCl2N3O4S. The fraction of sp³-hybridized carbons (Fsp3) is 0.286. The number of hydrogen-bond acceptors (Lipinski definition) is 4. The van der Waals surface area contributed by atoms with E-state index < -0.39 is 28.5 Å². The van der Waals surface area contributed by atoms with Gasteiger partial charge in [0, 0.05) is 17.1 Å². The van der Waals surface area contributed by atoms with Gasteiger partial charge < -0.3 is 10.2 Å². The summed E-state index contributed by atoms with van der Waals surface area (Å²) in [4.78, 5) is 28.2. The number of aryl methyl sites for hydroxylation is 1. The number of carbonyl (C=O) groups is 2. The third-order valence-corrected chi connectivity index (χ3v) is 9.00. The maximum atomic E-state index is 13.9. The van der Waals surface area contributed by atoms with E-state index in [-0.39, 0.29) is 39.1 Å². The van der Waals surface area contributed by atoms with E-state index >= 15 is 0 Å². The van der Waals surface area contributed by atoms with Crippen molar-refractivity contribution in [1.29, 1.82) is 0 Å². The van der Waals surface area contributed by atoms with Crippen LogP contribution in [0.25, 0.3) is 0 Å². The molecule has 3 aromatic rings. The Kier molecular flexibility index (Phi) is 10.5. The predicted octanol–water partition coefficient (Wildman–Crippen LogP) is 6.20. The number of hydrogen-bond donors (Lipinski definition) is 1. The third kappa shape index (κ3) is 7.75. The monoisotopic (exact) mass is 653 g/mol. The van der Waals surface area contributed by atoms with Gasteiger partial charge in [-0.15, -0.1) is 0 Å². The van der Waals surface area contributed by atoms with Crippen LogP contribution in [0.2, 0.25) is 10.0 Å². The van der Waals surface area contributed by atoms with Gasteiger partial charge in [0.25, 0.3) is 10.0 Å². The third-order valence-electron chi connectivity index (χ3n) is 5.93.